The molecule has 0 unspecified atom stereocenters. The lowest BCUT2D eigenvalue weighted by Crippen LogP contribution is -2.47. The number of alkyl carbamates (subject to hydrolysis) is 1. The smallest absolute Gasteiger partial charge is 0.407 e. The second kappa shape index (κ2) is 7.67. The van der Waals surface area contributed by atoms with Gasteiger partial charge in [0, 0.05) is 6.04 Å². The van der Waals surface area contributed by atoms with Crippen LogP contribution in [0.4, 0.5) is 4.79 Å². The van der Waals surface area contributed by atoms with Crippen LogP contribution in [0.25, 0.3) is 0 Å². The van der Waals surface area contributed by atoms with Crippen molar-refractivity contribution in [2.24, 2.45) is 5.41 Å². The van der Waals surface area contributed by atoms with Crippen molar-refractivity contribution in [1.82, 2.24) is 5.32 Å². The Balaban J connectivity index is 2.48. The lowest BCUT2D eigenvalue weighted by Gasteiger charge is -2.29. The topological polar surface area (TPSA) is 64.6 Å². The quantitative estimate of drug-likeness (QED) is 0.819. The molecule has 0 saturated heterocycles. The van der Waals surface area contributed by atoms with E-state index in [1.54, 1.807) is 27.7 Å². The van der Waals surface area contributed by atoms with Gasteiger partial charge in [-0.2, -0.15) is 0 Å². The lowest BCUT2D eigenvalue weighted by atomic mass is 9.85. The first kappa shape index (κ1) is 17.0. The van der Waals surface area contributed by atoms with Gasteiger partial charge in [-0.3, -0.25) is 4.79 Å². The summed E-state index contributed by atoms with van der Waals surface area (Å²) in [5, 5.41) is 2.67. The molecule has 1 rings (SSSR count). The summed E-state index contributed by atoms with van der Waals surface area (Å²) in [5.41, 5.74) is 0.0897. The fraction of sp³-hybridized carbons (Fsp3) is 0.500. The van der Waals surface area contributed by atoms with E-state index in [1.807, 2.05) is 30.3 Å². The number of carbonyl (C=O) groups excluding carboxylic acids is 2. The number of nitrogens with one attached hydrogen (secondary N) is 1. The maximum atomic E-state index is 11.9. The fourth-order valence-corrected chi connectivity index (χ4v) is 1.62. The molecule has 1 N–H and O–H groups in total. The van der Waals surface area contributed by atoms with E-state index in [1.165, 1.54) is 0 Å². The average Bonchev–Trinajstić information content (AvgIpc) is 2.46. The van der Waals surface area contributed by atoms with Gasteiger partial charge in [0.15, 0.2) is 0 Å². The third kappa shape index (κ3) is 5.10. The van der Waals surface area contributed by atoms with Crippen LogP contribution < -0.4 is 5.32 Å². The van der Waals surface area contributed by atoms with Crippen molar-refractivity contribution in [3.8, 4) is 0 Å². The molecule has 1 atom stereocenters. The number of hydrogen-bond donors (Lipinski definition) is 1. The summed E-state index contributed by atoms with van der Waals surface area (Å²) in [5.74, 6) is -0.346. The molecule has 0 heterocycles. The minimum absolute atomic E-state index is 0.194. The van der Waals surface area contributed by atoms with E-state index in [2.05, 4.69) is 5.32 Å². The van der Waals surface area contributed by atoms with Crippen LogP contribution in [0.15, 0.2) is 30.3 Å². The molecule has 0 radical (unpaired) electrons. The normalized spacial score (nSPS) is 12.4. The molecule has 0 aromatic heterocycles. The summed E-state index contributed by atoms with van der Waals surface area (Å²) >= 11 is 0. The Bertz CT molecular complexity index is 470. The molecule has 0 aliphatic rings. The van der Waals surface area contributed by atoms with E-state index < -0.39 is 17.6 Å². The summed E-state index contributed by atoms with van der Waals surface area (Å²) < 4.78 is 10.1. The summed E-state index contributed by atoms with van der Waals surface area (Å²) in [7, 11) is 0. The molecule has 1 aromatic carbocycles. The summed E-state index contributed by atoms with van der Waals surface area (Å²) in [6.07, 6.45) is -0.552. The van der Waals surface area contributed by atoms with Crippen molar-refractivity contribution in [2.45, 2.75) is 40.3 Å². The van der Waals surface area contributed by atoms with Crippen LogP contribution in [-0.2, 0) is 20.9 Å². The van der Waals surface area contributed by atoms with Crippen molar-refractivity contribution in [3.63, 3.8) is 0 Å². The van der Waals surface area contributed by atoms with Gasteiger partial charge in [-0.25, -0.2) is 4.79 Å². The molecule has 0 aliphatic carbocycles. The first-order valence-electron chi connectivity index (χ1n) is 7.02. The third-order valence-electron chi connectivity index (χ3n) is 3.43. The van der Waals surface area contributed by atoms with Crippen LogP contribution in [0.3, 0.4) is 0 Å². The number of ether oxygens (including phenoxy) is 2. The zero-order valence-electron chi connectivity index (χ0n) is 13.0. The minimum atomic E-state index is -0.818. The number of esters is 1. The van der Waals surface area contributed by atoms with Crippen molar-refractivity contribution >= 4 is 12.1 Å². The van der Waals surface area contributed by atoms with E-state index in [0.29, 0.717) is 6.61 Å². The molecule has 21 heavy (non-hydrogen) atoms. The maximum absolute atomic E-state index is 11.9. The lowest BCUT2D eigenvalue weighted by molar-refractivity contribution is -0.154. The van der Waals surface area contributed by atoms with Gasteiger partial charge in [-0.05, 0) is 33.3 Å². The van der Waals surface area contributed by atoms with E-state index in [0.717, 1.165) is 5.56 Å². The predicted molar refractivity (Wildman–Crippen MR) is 79.6 cm³/mol. The average molecular weight is 293 g/mol. The molecular formula is C16H23NO4. The van der Waals surface area contributed by atoms with Crippen molar-refractivity contribution in [1.29, 1.82) is 0 Å². The van der Waals surface area contributed by atoms with Crippen LogP contribution in [0, 0.1) is 5.41 Å². The Labute approximate surface area is 125 Å². The molecule has 0 saturated carbocycles. The highest BCUT2D eigenvalue weighted by molar-refractivity contribution is 5.78. The molecule has 1 aromatic rings. The van der Waals surface area contributed by atoms with Crippen molar-refractivity contribution in [3.05, 3.63) is 35.9 Å². The van der Waals surface area contributed by atoms with Crippen molar-refractivity contribution < 1.29 is 19.1 Å². The molecule has 1 amide bonds. The Morgan fingerprint density at radius 3 is 2.38 bits per heavy atom. The molecule has 0 spiro atoms. The van der Waals surface area contributed by atoms with Gasteiger partial charge in [-0.1, -0.05) is 30.3 Å². The van der Waals surface area contributed by atoms with Crippen molar-refractivity contribution in [2.75, 3.05) is 6.61 Å². The monoisotopic (exact) mass is 293 g/mol. The molecule has 116 valence electrons. The first-order chi connectivity index (χ1) is 9.87. The highest BCUT2D eigenvalue weighted by atomic mass is 16.5. The summed E-state index contributed by atoms with van der Waals surface area (Å²) in [6, 6.07) is 9.00. The van der Waals surface area contributed by atoms with E-state index in [4.69, 9.17) is 9.47 Å². The van der Waals surface area contributed by atoms with E-state index in [9.17, 15) is 9.59 Å². The number of rotatable bonds is 6. The SMILES string of the molecule is CCOC(=O)C(C)(C)[C@H](C)NC(=O)OCc1ccccc1. The summed E-state index contributed by atoms with van der Waals surface area (Å²) in [6.45, 7) is 7.47. The largest absolute Gasteiger partial charge is 0.466 e. The van der Waals surface area contributed by atoms with Crippen LogP contribution in [0.2, 0.25) is 0 Å². The van der Waals surface area contributed by atoms with Crippen LogP contribution in [-0.4, -0.2) is 24.7 Å². The third-order valence-corrected chi connectivity index (χ3v) is 3.43. The first-order valence-corrected chi connectivity index (χ1v) is 7.02. The van der Waals surface area contributed by atoms with Gasteiger partial charge in [0.2, 0.25) is 0 Å². The Morgan fingerprint density at radius 2 is 1.81 bits per heavy atom. The molecule has 5 heteroatoms. The highest BCUT2D eigenvalue weighted by Crippen LogP contribution is 2.22. The molecule has 5 nitrogen and oxygen atoms in total. The number of benzene rings is 1. The van der Waals surface area contributed by atoms with Gasteiger partial charge in [0.25, 0.3) is 0 Å². The number of carbonyl (C=O) groups is 2. The zero-order valence-corrected chi connectivity index (χ0v) is 13.0. The minimum Gasteiger partial charge on any atom is -0.466 e. The number of hydrogen-bond acceptors (Lipinski definition) is 4. The standard InChI is InChI=1S/C16H23NO4/c1-5-20-14(18)16(3,4)12(2)17-15(19)21-11-13-9-7-6-8-10-13/h6-10,12H,5,11H2,1-4H3,(H,17,19)/t12-/m0/s1. The van der Waals surface area contributed by atoms with Gasteiger partial charge >= 0.3 is 12.1 Å². The zero-order chi connectivity index (χ0) is 15.9. The molecule has 0 aliphatic heterocycles. The van der Waals surface area contributed by atoms with Gasteiger partial charge < -0.3 is 14.8 Å². The Kier molecular flexibility index (Phi) is 6.21. The second-order valence-electron chi connectivity index (χ2n) is 5.37. The van der Waals surface area contributed by atoms with E-state index in [-0.39, 0.29) is 12.6 Å². The Hall–Kier alpha value is -2.04. The van der Waals surface area contributed by atoms with Crippen LogP contribution in [0.1, 0.15) is 33.3 Å². The fourth-order valence-electron chi connectivity index (χ4n) is 1.62. The van der Waals surface area contributed by atoms with Gasteiger partial charge in [0.05, 0.1) is 12.0 Å². The molecular weight excluding hydrogens is 270 g/mol. The van der Waals surface area contributed by atoms with Crippen LogP contribution >= 0.6 is 0 Å². The van der Waals surface area contributed by atoms with E-state index >= 15 is 0 Å². The van der Waals surface area contributed by atoms with Crippen LogP contribution in [0.5, 0.6) is 0 Å². The Morgan fingerprint density at radius 1 is 1.19 bits per heavy atom. The highest BCUT2D eigenvalue weighted by Gasteiger charge is 2.36. The van der Waals surface area contributed by atoms with Gasteiger partial charge in [0.1, 0.15) is 6.61 Å². The second-order valence-corrected chi connectivity index (χ2v) is 5.37. The molecule has 0 fully saturated rings. The van der Waals surface area contributed by atoms with Gasteiger partial charge in [-0.15, -0.1) is 0 Å². The summed E-state index contributed by atoms with van der Waals surface area (Å²) in [4.78, 5) is 23.6. The maximum Gasteiger partial charge on any atom is 0.407 e. The number of amides is 1. The predicted octanol–water partition coefficient (Wildman–Crippen LogP) is 2.89. The molecule has 0 bridgehead atoms.